The smallest absolute Gasteiger partial charge is 0.283 e. The summed E-state index contributed by atoms with van der Waals surface area (Å²) in [5, 5.41) is 8.24. The molecule has 0 aliphatic carbocycles. The van der Waals surface area contributed by atoms with Crippen LogP contribution in [0.15, 0.2) is 43.8 Å². The van der Waals surface area contributed by atoms with E-state index in [0.717, 1.165) is 37.6 Å². The summed E-state index contributed by atoms with van der Waals surface area (Å²) >= 11 is 0. The Bertz CT molecular complexity index is 744. The molecule has 0 aromatic carbocycles. The molecule has 1 fully saturated rings. The SMILES string of the molecule is Cc1ccc(CN2CC[C@H](c3nnc(-c4ccco4)o3)C2)o1. The molecule has 6 heteroatoms. The molecule has 0 bridgehead atoms. The number of likely N-dealkylation sites (tertiary alicyclic amines) is 1. The topological polar surface area (TPSA) is 68.4 Å². The van der Waals surface area contributed by atoms with E-state index >= 15 is 0 Å². The lowest BCUT2D eigenvalue weighted by Crippen LogP contribution is -2.19. The highest BCUT2D eigenvalue weighted by molar-refractivity contribution is 5.42. The normalized spacial score (nSPS) is 19.0. The molecule has 1 saturated heterocycles. The first-order valence-electron chi connectivity index (χ1n) is 7.43. The molecule has 0 unspecified atom stereocenters. The van der Waals surface area contributed by atoms with Crippen molar-refractivity contribution in [2.24, 2.45) is 0 Å². The van der Waals surface area contributed by atoms with Crippen LogP contribution in [0.1, 0.15) is 29.7 Å². The van der Waals surface area contributed by atoms with E-state index in [1.165, 1.54) is 0 Å². The van der Waals surface area contributed by atoms with Crippen molar-refractivity contribution in [1.82, 2.24) is 15.1 Å². The molecule has 0 amide bonds. The Labute approximate surface area is 127 Å². The first-order chi connectivity index (χ1) is 10.8. The summed E-state index contributed by atoms with van der Waals surface area (Å²) < 4.78 is 16.7. The third-order valence-corrected chi connectivity index (χ3v) is 3.97. The average molecular weight is 299 g/mol. The van der Waals surface area contributed by atoms with Crippen LogP contribution in [0.5, 0.6) is 0 Å². The maximum Gasteiger partial charge on any atom is 0.283 e. The van der Waals surface area contributed by atoms with Crippen molar-refractivity contribution in [3.63, 3.8) is 0 Å². The fourth-order valence-electron chi connectivity index (χ4n) is 2.87. The lowest BCUT2D eigenvalue weighted by atomic mass is 10.1. The molecular weight excluding hydrogens is 282 g/mol. The molecule has 0 radical (unpaired) electrons. The molecule has 1 aliphatic heterocycles. The van der Waals surface area contributed by atoms with Crippen molar-refractivity contribution in [1.29, 1.82) is 0 Å². The minimum absolute atomic E-state index is 0.271. The highest BCUT2D eigenvalue weighted by Gasteiger charge is 2.29. The molecule has 0 N–H and O–H groups in total. The van der Waals surface area contributed by atoms with Crippen LogP contribution < -0.4 is 0 Å². The number of furan rings is 2. The number of rotatable bonds is 4. The van der Waals surface area contributed by atoms with E-state index in [0.29, 0.717) is 17.5 Å². The largest absolute Gasteiger partial charge is 0.465 e. The molecule has 1 aliphatic rings. The molecule has 3 aromatic heterocycles. The minimum atomic E-state index is 0.271. The lowest BCUT2D eigenvalue weighted by molar-refractivity contribution is 0.287. The fourth-order valence-corrected chi connectivity index (χ4v) is 2.87. The summed E-state index contributed by atoms with van der Waals surface area (Å²) in [6.45, 7) is 4.69. The quantitative estimate of drug-likeness (QED) is 0.736. The molecular formula is C16H17N3O3. The van der Waals surface area contributed by atoms with Gasteiger partial charge in [-0.25, -0.2) is 0 Å². The summed E-state index contributed by atoms with van der Waals surface area (Å²) in [5.41, 5.74) is 0. The summed E-state index contributed by atoms with van der Waals surface area (Å²) in [6.07, 6.45) is 2.61. The van der Waals surface area contributed by atoms with Gasteiger partial charge < -0.3 is 13.3 Å². The van der Waals surface area contributed by atoms with Crippen molar-refractivity contribution < 1.29 is 13.3 Å². The Kier molecular flexibility index (Phi) is 3.31. The molecule has 4 heterocycles. The van der Waals surface area contributed by atoms with Crippen LogP contribution in [0.2, 0.25) is 0 Å². The van der Waals surface area contributed by atoms with Crippen LogP contribution in [0, 0.1) is 6.92 Å². The number of nitrogens with zero attached hydrogens (tertiary/aromatic N) is 3. The third-order valence-electron chi connectivity index (χ3n) is 3.97. The number of aromatic nitrogens is 2. The van der Waals surface area contributed by atoms with Crippen LogP contribution in [-0.2, 0) is 6.54 Å². The van der Waals surface area contributed by atoms with E-state index in [1.807, 2.05) is 31.2 Å². The molecule has 0 saturated carbocycles. The molecule has 1 atom stereocenters. The molecule has 22 heavy (non-hydrogen) atoms. The maximum atomic E-state index is 5.75. The summed E-state index contributed by atoms with van der Waals surface area (Å²) in [5.74, 6) is 3.96. The Hall–Kier alpha value is -2.34. The minimum Gasteiger partial charge on any atom is -0.465 e. The summed E-state index contributed by atoms with van der Waals surface area (Å²) in [7, 11) is 0. The second-order valence-electron chi connectivity index (χ2n) is 5.66. The van der Waals surface area contributed by atoms with Crippen LogP contribution in [0.25, 0.3) is 11.7 Å². The second kappa shape index (κ2) is 5.46. The standard InChI is InChI=1S/C16H17N3O3/c1-11-4-5-13(21-11)10-19-7-6-12(9-19)15-17-18-16(22-15)14-3-2-8-20-14/h2-5,8,12H,6-7,9-10H2,1H3/t12-/m0/s1. The molecule has 4 rings (SSSR count). The first kappa shape index (κ1) is 13.3. The number of aryl methyl sites for hydroxylation is 1. The van der Waals surface area contributed by atoms with Crippen molar-refractivity contribution in [2.75, 3.05) is 13.1 Å². The molecule has 3 aromatic rings. The number of hydrogen-bond acceptors (Lipinski definition) is 6. The van der Waals surface area contributed by atoms with E-state index in [2.05, 4.69) is 15.1 Å². The zero-order valence-electron chi connectivity index (χ0n) is 12.4. The first-order valence-corrected chi connectivity index (χ1v) is 7.43. The van der Waals surface area contributed by atoms with E-state index in [4.69, 9.17) is 13.3 Å². The predicted molar refractivity (Wildman–Crippen MR) is 78.1 cm³/mol. The van der Waals surface area contributed by atoms with Crippen LogP contribution in [0.4, 0.5) is 0 Å². The molecule has 0 spiro atoms. The Morgan fingerprint density at radius 2 is 2.18 bits per heavy atom. The lowest BCUT2D eigenvalue weighted by Gasteiger charge is -2.12. The van der Waals surface area contributed by atoms with Gasteiger partial charge in [-0.2, -0.15) is 0 Å². The van der Waals surface area contributed by atoms with Gasteiger partial charge in [-0.05, 0) is 44.2 Å². The van der Waals surface area contributed by atoms with Gasteiger partial charge in [0, 0.05) is 6.54 Å². The highest BCUT2D eigenvalue weighted by Crippen LogP contribution is 2.29. The van der Waals surface area contributed by atoms with Gasteiger partial charge in [-0.3, -0.25) is 4.90 Å². The molecule has 6 nitrogen and oxygen atoms in total. The second-order valence-corrected chi connectivity index (χ2v) is 5.66. The van der Waals surface area contributed by atoms with E-state index in [-0.39, 0.29) is 5.92 Å². The van der Waals surface area contributed by atoms with Gasteiger partial charge in [0.15, 0.2) is 5.76 Å². The van der Waals surface area contributed by atoms with Crippen molar-refractivity contribution in [2.45, 2.75) is 25.8 Å². The van der Waals surface area contributed by atoms with Crippen LogP contribution >= 0.6 is 0 Å². The van der Waals surface area contributed by atoms with E-state index in [9.17, 15) is 0 Å². The monoisotopic (exact) mass is 299 g/mol. The van der Waals surface area contributed by atoms with Gasteiger partial charge in [-0.15, -0.1) is 10.2 Å². The van der Waals surface area contributed by atoms with E-state index < -0.39 is 0 Å². The highest BCUT2D eigenvalue weighted by atomic mass is 16.4. The van der Waals surface area contributed by atoms with Crippen molar-refractivity contribution >= 4 is 0 Å². The average Bonchev–Trinajstić information content (AvgIpc) is 3.26. The van der Waals surface area contributed by atoms with Gasteiger partial charge in [0.1, 0.15) is 11.5 Å². The number of hydrogen-bond donors (Lipinski definition) is 0. The third kappa shape index (κ3) is 2.57. The predicted octanol–water partition coefficient (Wildman–Crippen LogP) is 3.22. The maximum absolute atomic E-state index is 5.75. The Morgan fingerprint density at radius 3 is 2.95 bits per heavy atom. The summed E-state index contributed by atoms with van der Waals surface area (Å²) in [6, 6.07) is 7.65. The summed E-state index contributed by atoms with van der Waals surface area (Å²) in [4.78, 5) is 2.35. The van der Waals surface area contributed by atoms with Gasteiger partial charge in [0.2, 0.25) is 5.89 Å². The fraction of sp³-hybridized carbons (Fsp3) is 0.375. The van der Waals surface area contributed by atoms with Gasteiger partial charge in [0.05, 0.1) is 18.7 Å². The Morgan fingerprint density at radius 1 is 1.23 bits per heavy atom. The van der Waals surface area contributed by atoms with Crippen molar-refractivity contribution in [3.05, 3.63) is 47.9 Å². The van der Waals surface area contributed by atoms with Crippen LogP contribution in [-0.4, -0.2) is 28.2 Å². The Balaban J connectivity index is 1.42. The zero-order chi connectivity index (χ0) is 14.9. The zero-order valence-corrected chi connectivity index (χ0v) is 12.4. The van der Waals surface area contributed by atoms with Crippen molar-refractivity contribution in [3.8, 4) is 11.7 Å². The van der Waals surface area contributed by atoms with Gasteiger partial charge >= 0.3 is 0 Å². The molecule has 114 valence electrons. The van der Waals surface area contributed by atoms with Gasteiger partial charge in [0.25, 0.3) is 5.89 Å². The van der Waals surface area contributed by atoms with Crippen LogP contribution in [0.3, 0.4) is 0 Å². The van der Waals surface area contributed by atoms with Gasteiger partial charge in [-0.1, -0.05) is 0 Å². The van der Waals surface area contributed by atoms with E-state index in [1.54, 1.807) is 6.26 Å².